The summed E-state index contributed by atoms with van der Waals surface area (Å²) in [6.07, 6.45) is 4.44. The van der Waals surface area contributed by atoms with Crippen molar-refractivity contribution in [3.63, 3.8) is 0 Å². The highest BCUT2D eigenvalue weighted by Crippen LogP contribution is 2.24. The van der Waals surface area contributed by atoms with Crippen LogP contribution >= 0.6 is 23.4 Å². The van der Waals surface area contributed by atoms with Crippen LogP contribution in [0.25, 0.3) is 11.0 Å². The first-order valence-corrected chi connectivity index (χ1v) is 8.38. The summed E-state index contributed by atoms with van der Waals surface area (Å²) in [4.78, 5) is 8.73. The van der Waals surface area contributed by atoms with Crippen LogP contribution in [0, 0.1) is 0 Å². The fraction of sp³-hybridized carbons (Fsp3) is 0.267. The minimum atomic E-state index is 0.442. The van der Waals surface area contributed by atoms with Gasteiger partial charge in [0, 0.05) is 6.54 Å². The van der Waals surface area contributed by atoms with Crippen molar-refractivity contribution in [1.82, 2.24) is 19.7 Å². The van der Waals surface area contributed by atoms with Gasteiger partial charge in [-0.2, -0.15) is 5.10 Å². The van der Waals surface area contributed by atoms with Crippen LogP contribution in [-0.4, -0.2) is 33.1 Å². The summed E-state index contributed by atoms with van der Waals surface area (Å²) >= 11 is 7.64. The maximum Gasteiger partial charge on any atom is 0.190 e. The van der Waals surface area contributed by atoms with Crippen molar-refractivity contribution < 1.29 is 4.74 Å². The molecule has 0 aliphatic heterocycles. The lowest BCUT2D eigenvalue weighted by molar-refractivity contribution is 0.408. The average molecular weight is 335 g/mol. The number of hydrogen-bond acceptors (Lipinski definition) is 5. The molecular weight excluding hydrogens is 320 g/mol. The van der Waals surface area contributed by atoms with Gasteiger partial charge >= 0.3 is 0 Å². The zero-order valence-electron chi connectivity index (χ0n) is 12.3. The molecule has 0 fully saturated rings. The van der Waals surface area contributed by atoms with E-state index in [-0.39, 0.29) is 0 Å². The largest absolute Gasteiger partial charge is 0.496 e. The summed E-state index contributed by atoms with van der Waals surface area (Å²) in [5, 5.41) is 6.25. The minimum Gasteiger partial charge on any atom is -0.496 e. The Morgan fingerprint density at radius 1 is 1.27 bits per heavy atom. The number of aryl methyl sites for hydroxylation is 2. The van der Waals surface area contributed by atoms with E-state index in [1.54, 1.807) is 13.3 Å². The summed E-state index contributed by atoms with van der Waals surface area (Å²) in [7, 11) is 1.68. The Bertz CT molecular complexity index is 805. The molecule has 0 unspecified atom stereocenters. The van der Waals surface area contributed by atoms with E-state index in [9.17, 15) is 0 Å². The summed E-state index contributed by atoms with van der Waals surface area (Å²) < 4.78 is 7.23. The molecule has 0 amide bonds. The van der Waals surface area contributed by atoms with Crippen LogP contribution in [0.4, 0.5) is 0 Å². The molecule has 0 atom stereocenters. The first-order valence-electron chi connectivity index (χ1n) is 6.78. The van der Waals surface area contributed by atoms with Crippen LogP contribution in [0.5, 0.6) is 5.75 Å². The molecule has 0 bridgehead atoms. The molecule has 1 aromatic carbocycles. The first-order chi connectivity index (χ1) is 10.7. The second-order valence-corrected chi connectivity index (χ2v) is 5.80. The van der Waals surface area contributed by atoms with Gasteiger partial charge in [0.1, 0.15) is 10.9 Å². The van der Waals surface area contributed by atoms with Crippen LogP contribution in [0.1, 0.15) is 5.56 Å². The van der Waals surface area contributed by atoms with E-state index in [0.717, 1.165) is 28.8 Å². The zero-order valence-corrected chi connectivity index (χ0v) is 13.9. The molecule has 0 saturated carbocycles. The Morgan fingerprint density at radius 2 is 2.09 bits per heavy atom. The van der Waals surface area contributed by atoms with E-state index in [1.807, 2.05) is 29.1 Å². The van der Waals surface area contributed by atoms with Crippen molar-refractivity contribution in [1.29, 1.82) is 0 Å². The minimum absolute atomic E-state index is 0.442. The summed E-state index contributed by atoms with van der Waals surface area (Å²) in [6.45, 7) is 0.699. The van der Waals surface area contributed by atoms with Crippen LogP contribution in [0.3, 0.4) is 0 Å². The molecule has 3 aromatic rings. The number of halogens is 1. The highest BCUT2D eigenvalue weighted by atomic mass is 35.5. The second kappa shape index (κ2) is 6.54. The van der Waals surface area contributed by atoms with Gasteiger partial charge in [-0.25, -0.2) is 14.6 Å². The van der Waals surface area contributed by atoms with Crippen LogP contribution < -0.4 is 4.74 Å². The number of nitrogens with zero attached hydrogens (tertiary/aromatic N) is 4. The number of para-hydroxylation sites is 1. The predicted molar refractivity (Wildman–Crippen MR) is 88.8 cm³/mol. The number of thioether (sulfide) groups is 1. The summed E-state index contributed by atoms with van der Waals surface area (Å²) in [6, 6.07) is 7.98. The molecule has 0 aliphatic rings. The van der Waals surface area contributed by atoms with Crippen LogP contribution in [-0.2, 0) is 13.0 Å². The smallest absolute Gasteiger partial charge is 0.190 e. The van der Waals surface area contributed by atoms with E-state index >= 15 is 0 Å². The third kappa shape index (κ3) is 2.89. The van der Waals surface area contributed by atoms with Gasteiger partial charge in [0.2, 0.25) is 0 Å². The highest BCUT2D eigenvalue weighted by molar-refractivity contribution is 7.98. The molecule has 3 rings (SSSR count). The lowest BCUT2D eigenvalue weighted by Gasteiger charge is -2.08. The maximum absolute atomic E-state index is 6.18. The molecule has 114 valence electrons. The number of aromatic nitrogens is 4. The van der Waals surface area contributed by atoms with Crippen molar-refractivity contribution in [3.8, 4) is 5.75 Å². The number of hydrogen-bond donors (Lipinski definition) is 0. The van der Waals surface area contributed by atoms with Crippen molar-refractivity contribution in [2.45, 2.75) is 18.1 Å². The Labute approximate surface area is 137 Å². The quantitative estimate of drug-likeness (QED) is 0.406. The molecule has 0 spiro atoms. The van der Waals surface area contributed by atoms with Gasteiger partial charge in [0.15, 0.2) is 10.8 Å². The van der Waals surface area contributed by atoms with Gasteiger partial charge in [-0.1, -0.05) is 41.6 Å². The van der Waals surface area contributed by atoms with Gasteiger partial charge in [0.25, 0.3) is 0 Å². The summed E-state index contributed by atoms with van der Waals surface area (Å²) in [5.41, 5.74) is 1.90. The monoisotopic (exact) mass is 334 g/mol. The molecule has 2 aromatic heterocycles. The van der Waals surface area contributed by atoms with E-state index in [2.05, 4.69) is 21.1 Å². The number of methoxy groups -OCH3 is 1. The number of fused-ring (bicyclic) bond motifs is 1. The van der Waals surface area contributed by atoms with Crippen molar-refractivity contribution >= 4 is 34.4 Å². The van der Waals surface area contributed by atoms with Gasteiger partial charge in [0.05, 0.1) is 18.7 Å². The zero-order chi connectivity index (χ0) is 15.5. The maximum atomic E-state index is 6.18. The Hall–Kier alpha value is -1.79. The Balaban J connectivity index is 1.89. The lowest BCUT2D eigenvalue weighted by Crippen LogP contribution is -2.05. The van der Waals surface area contributed by atoms with Gasteiger partial charge in [-0.15, -0.1) is 0 Å². The van der Waals surface area contributed by atoms with Gasteiger partial charge < -0.3 is 4.74 Å². The number of benzene rings is 1. The van der Waals surface area contributed by atoms with E-state index in [1.165, 1.54) is 11.8 Å². The molecule has 0 N–H and O–H groups in total. The van der Waals surface area contributed by atoms with E-state index < -0.39 is 0 Å². The molecule has 22 heavy (non-hydrogen) atoms. The van der Waals surface area contributed by atoms with Crippen molar-refractivity contribution in [3.05, 3.63) is 41.2 Å². The molecule has 0 aliphatic carbocycles. The fourth-order valence-corrected chi connectivity index (χ4v) is 2.92. The first kappa shape index (κ1) is 15.1. The van der Waals surface area contributed by atoms with Crippen LogP contribution in [0.2, 0.25) is 5.15 Å². The van der Waals surface area contributed by atoms with Gasteiger partial charge in [-0.3, -0.25) is 0 Å². The van der Waals surface area contributed by atoms with E-state index in [4.69, 9.17) is 16.3 Å². The fourth-order valence-electron chi connectivity index (χ4n) is 2.29. The third-order valence-corrected chi connectivity index (χ3v) is 4.23. The van der Waals surface area contributed by atoms with Crippen molar-refractivity contribution in [2.75, 3.05) is 13.4 Å². The molecule has 0 saturated heterocycles. The Kier molecular flexibility index (Phi) is 4.49. The number of ether oxygens (including phenoxy) is 1. The van der Waals surface area contributed by atoms with Crippen molar-refractivity contribution in [2.24, 2.45) is 0 Å². The molecule has 7 heteroatoms. The topological polar surface area (TPSA) is 52.8 Å². The molecule has 2 heterocycles. The molecular formula is C15H15ClN4OS. The van der Waals surface area contributed by atoms with E-state index in [0.29, 0.717) is 16.9 Å². The van der Waals surface area contributed by atoms with Gasteiger partial charge in [-0.05, 0) is 24.3 Å². The normalized spacial score (nSPS) is 11.0. The highest BCUT2D eigenvalue weighted by Gasteiger charge is 2.12. The standard InChI is InChI=1S/C15H15ClN4OS/c1-21-12-6-4-3-5-10(12)7-8-20-14-11(9-17-20)13(16)18-15(19-14)22-2/h3-6,9H,7-8H2,1-2H3. The second-order valence-electron chi connectivity index (χ2n) is 4.67. The molecule has 0 radical (unpaired) electrons. The molecule has 5 nitrogen and oxygen atoms in total. The number of rotatable bonds is 5. The Morgan fingerprint density at radius 3 is 2.86 bits per heavy atom. The average Bonchev–Trinajstić information content (AvgIpc) is 2.96. The predicted octanol–water partition coefficient (Wildman–Crippen LogP) is 3.45. The van der Waals surface area contributed by atoms with Crippen LogP contribution in [0.15, 0.2) is 35.6 Å². The third-order valence-electron chi connectivity index (χ3n) is 3.40. The summed E-state index contributed by atoms with van der Waals surface area (Å²) in [5.74, 6) is 0.886. The lowest BCUT2D eigenvalue weighted by atomic mass is 10.1. The SMILES string of the molecule is COc1ccccc1CCn1ncc2c(Cl)nc(SC)nc21.